The van der Waals surface area contributed by atoms with Crippen LogP contribution in [-0.2, 0) is 0 Å². The van der Waals surface area contributed by atoms with Crippen LogP contribution in [0.3, 0.4) is 0 Å². The molecule has 5 heteroatoms. The van der Waals surface area contributed by atoms with Gasteiger partial charge in [-0.25, -0.2) is 0 Å². The molecule has 2 N–H and O–H groups in total. The summed E-state index contributed by atoms with van der Waals surface area (Å²) in [6, 6.07) is 27.6. The minimum atomic E-state index is 0.640. The maximum atomic E-state index is 5.93. The van der Waals surface area contributed by atoms with Gasteiger partial charge in [0.1, 0.15) is 0 Å². The first-order valence-corrected chi connectivity index (χ1v) is 13.3. The van der Waals surface area contributed by atoms with E-state index in [1.54, 1.807) is 0 Å². The number of nitrogens with zero attached hydrogens (tertiary/aromatic N) is 2. The molecule has 0 saturated heterocycles. The second-order valence-electron chi connectivity index (χ2n) is 9.51. The first-order chi connectivity index (χ1) is 17.6. The molecule has 36 heavy (non-hydrogen) atoms. The van der Waals surface area contributed by atoms with Crippen molar-refractivity contribution >= 4 is 50.9 Å². The van der Waals surface area contributed by atoms with Crippen molar-refractivity contribution in [2.75, 3.05) is 23.3 Å². The van der Waals surface area contributed by atoms with E-state index in [0.717, 1.165) is 42.1 Å². The number of benzene rings is 3. The van der Waals surface area contributed by atoms with Gasteiger partial charge in [-0.3, -0.25) is 9.80 Å². The van der Waals surface area contributed by atoms with E-state index >= 15 is 0 Å². The summed E-state index contributed by atoms with van der Waals surface area (Å²) >= 11 is 5.93. The highest BCUT2D eigenvalue weighted by Gasteiger charge is 2.20. The highest BCUT2D eigenvalue weighted by atomic mass is 32.1. The summed E-state index contributed by atoms with van der Waals surface area (Å²) in [4.78, 5) is 8.14. The zero-order valence-corrected chi connectivity index (χ0v) is 21.9. The van der Waals surface area contributed by atoms with Crippen LogP contribution in [-0.4, -0.2) is 34.1 Å². The molecular weight excluding hydrogens is 460 g/mol. The van der Waals surface area contributed by atoms with Gasteiger partial charge in [-0.05, 0) is 80.0 Å². The van der Waals surface area contributed by atoms with Gasteiger partial charge >= 0.3 is 0 Å². The first kappa shape index (κ1) is 24.3. The largest absolute Gasteiger partial charge is 0.361 e. The van der Waals surface area contributed by atoms with E-state index < -0.39 is 0 Å². The Balaban J connectivity index is 1.39. The van der Waals surface area contributed by atoms with Crippen molar-refractivity contribution in [1.29, 1.82) is 0 Å². The molecule has 4 aromatic rings. The van der Waals surface area contributed by atoms with Crippen LogP contribution < -0.4 is 10.2 Å². The highest BCUT2D eigenvalue weighted by molar-refractivity contribution is 7.80. The Labute approximate surface area is 219 Å². The van der Waals surface area contributed by atoms with Gasteiger partial charge in [0.25, 0.3) is 0 Å². The van der Waals surface area contributed by atoms with Crippen LogP contribution in [0.15, 0.2) is 91.1 Å². The summed E-state index contributed by atoms with van der Waals surface area (Å²) in [5.74, 6) is 0. The number of H-pyrrole nitrogens is 1. The molecule has 1 aromatic heterocycles. The fourth-order valence-electron chi connectivity index (χ4n) is 5.11. The number of aromatic amines is 1. The second-order valence-corrected chi connectivity index (χ2v) is 9.90. The summed E-state index contributed by atoms with van der Waals surface area (Å²) in [5.41, 5.74) is 6.91. The third-order valence-electron chi connectivity index (χ3n) is 7.08. The molecule has 0 saturated carbocycles. The van der Waals surface area contributed by atoms with Crippen molar-refractivity contribution in [2.24, 2.45) is 0 Å². The quantitative estimate of drug-likeness (QED) is 0.255. The first-order valence-electron chi connectivity index (χ1n) is 12.9. The molecule has 3 aromatic carbocycles. The van der Waals surface area contributed by atoms with Crippen LogP contribution in [0.25, 0.3) is 16.5 Å². The maximum Gasteiger partial charge on any atom is 0.182 e. The van der Waals surface area contributed by atoms with Crippen LogP contribution in [0, 0.1) is 0 Å². The van der Waals surface area contributed by atoms with Gasteiger partial charge in [0.2, 0.25) is 0 Å². The zero-order chi connectivity index (χ0) is 24.9. The Bertz CT molecular complexity index is 1300. The summed E-state index contributed by atoms with van der Waals surface area (Å²) in [7, 11) is 0. The van der Waals surface area contributed by atoms with E-state index in [4.69, 9.17) is 12.2 Å². The lowest BCUT2D eigenvalue weighted by Crippen LogP contribution is -2.36. The average molecular weight is 495 g/mol. The number of fused-ring (bicyclic) bond motifs is 1. The topological polar surface area (TPSA) is 34.3 Å². The molecule has 0 spiro atoms. The Morgan fingerprint density at radius 3 is 2.33 bits per heavy atom. The molecule has 0 fully saturated rings. The number of anilines is 3. The fourth-order valence-corrected chi connectivity index (χ4v) is 5.44. The number of aromatic nitrogens is 1. The maximum absolute atomic E-state index is 5.93. The normalized spacial score (nSPS) is 14.9. The Kier molecular flexibility index (Phi) is 7.49. The van der Waals surface area contributed by atoms with E-state index in [0.29, 0.717) is 11.2 Å². The molecule has 1 unspecified atom stereocenters. The Morgan fingerprint density at radius 2 is 1.72 bits per heavy atom. The number of rotatable bonds is 7. The van der Waals surface area contributed by atoms with Crippen molar-refractivity contribution in [3.8, 4) is 0 Å². The summed E-state index contributed by atoms with van der Waals surface area (Å²) in [6.07, 6.45) is 8.14. The van der Waals surface area contributed by atoms with Gasteiger partial charge < -0.3 is 10.3 Å². The molecule has 2 heterocycles. The van der Waals surface area contributed by atoms with Crippen LogP contribution in [0.4, 0.5) is 17.1 Å². The third-order valence-corrected chi connectivity index (χ3v) is 7.37. The van der Waals surface area contributed by atoms with E-state index in [9.17, 15) is 0 Å². The average Bonchev–Trinajstić information content (AvgIpc) is 3.33. The second kappa shape index (κ2) is 11.1. The molecule has 0 radical (unpaired) electrons. The third kappa shape index (κ3) is 5.23. The van der Waals surface area contributed by atoms with Gasteiger partial charge in [0, 0.05) is 58.9 Å². The van der Waals surface area contributed by atoms with Crippen LogP contribution in [0.2, 0.25) is 0 Å². The number of para-hydroxylation sites is 2. The Hall–Kier alpha value is -3.41. The number of hydrogen-bond acceptors (Lipinski definition) is 2. The van der Waals surface area contributed by atoms with Gasteiger partial charge in [0.05, 0.1) is 0 Å². The van der Waals surface area contributed by atoms with Crippen molar-refractivity contribution in [3.63, 3.8) is 0 Å². The summed E-state index contributed by atoms with van der Waals surface area (Å²) < 4.78 is 0. The van der Waals surface area contributed by atoms with Crippen LogP contribution in [0.1, 0.15) is 38.7 Å². The minimum absolute atomic E-state index is 0.640. The monoisotopic (exact) mass is 494 g/mol. The SMILES string of the molecule is CCCC(C)N1CC=C(c2c[nH]c3ccc(NC(=S)N(c4ccccc4)c4ccccc4)cc23)CC1. The summed E-state index contributed by atoms with van der Waals surface area (Å²) in [5, 5.41) is 5.37. The van der Waals surface area contributed by atoms with Crippen molar-refractivity contribution in [2.45, 2.75) is 39.2 Å². The molecule has 1 aliphatic heterocycles. The molecule has 1 atom stereocenters. The lowest BCUT2D eigenvalue weighted by atomic mass is 9.97. The van der Waals surface area contributed by atoms with Gasteiger partial charge in [0.15, 0.2) is 5.11 Å². The highest BCUT2D eigenvalue weighted by Crippen LogP contribution is 2.32. The van der Waals surface area contributed by atoms with Crippen molar-refractivity contribution in [1.82, 2.24) is 9.88 Å². The number of hydrogen-bond donors (Lipinski definition) is 2. The van der Waals surface area contributed by atoms with E-state index in [1.807, 2.05) is 36.4 Å². The predicted molar refractivity (Wildman–Crippen MR) is 158 cm³/mol. The standard InChI is InChI=1S/C31H34N4S/c1-3-10-23(2)34-19-17-24(18-20-34)29-22-32-30-16-15-25(21-28(29)30)33-31(36)35(26-11-6-4-7-12-26)27-13-8-5-9-14-27/h4-9,11-17,21-23,32H,3,10,18-20H2,1-2H3,(H,33,36). The van der Waals surface area contributed by atoms with Gasteiger partial charge in [-0.2, -0.15) is 0 Å². The van der Waals surface area contributed by atoms with E-state index in [-0.39, 0.29) is 0 Å². The molecule has 184 valence electrons. The van der Waals surface area contributed by atoms with Crippen LogP contribution >= 0.6 is 12.2 Å². The van der Waals surface area contributed by atoms with Crippen molar-refractivity contribution < 1.29 is 0 Å². The molecular formula is C31H34N4S. The predicted octanol–water partition coefficient (Wildman–Crippen LogP) is 7.98. The minimum Gasteiger partial charge on any atom is -0.361 e. The van der Waals surface area contributed by atoms with E-state index in [2.05, 4.69) is 88.7 Å². The summed E-state index contributed by atoms with van der Waals surface area (Å²) in [6.45, 7) is 6.76. The Morgan fingerprint density at radius 1 is 1.03 bits per heavy atom. The van der Waals surface area contributed by atoms with Crippen LogP contribution in [0.5, 0.6) is 0 Å². The fraction of sp³-hybridized carbons (Fsp3) is 0.258. The zero-order valence-electron chi connectivity index (χ0n) is 21.1. The molecule has 0 aliphatic carbocycles. The van der Waals surface area contributed by atoms with Gasteiger partial charge in [-0.1, -0.05) is 55.8 Å². The molecule has 0 bridgehead atoms. The van der Waals surface area contributed by atoms with Gasteiger partial charge in [-0.15, -0.1) is 0 Å². The molecule has 0 amide bonds. The number of nitrogens with one attached hydrogen (secondary N) is 2. The molecule has 5 rings (SSSR count). The van der Waals surface area contributed by atoms with Crippen molar-refractivity contribution in [3.05, 3.63) is 96.7 Å². The molecule has 4 nitrogen and oxygen atoms in total. The number of thiocarbonyl (C=S) groups is 1. The molecule has 1 aliphatic rings. The smallest absolute Gasteiger partial charge is 0.182 e. The lowest BCUT2D eigenvalue weighted by Gasteiger charge is -2.31. The van der Waals surface area contributed by atoms with E-state index in [1.165, 1.54) is 29.4 Å². The lowest BCUT2D eigenvalue weighted by molar-refractivity contribution is 0.219.